The zero-order valence-electron chi connectivity index (χ0n) is 11.4. The van der Waals surface area contributed by atoms with E-state index in [4.69, 9.17) is 5.73 Å². The van der Waals surface area contributed by atoms with Crippen molar-refractivity contribution >= 4 is 5.91 Å². The number of hydrogen-bond donors (Lipinski definition) is 3. The number of nitrogens with one attached hydrogen (secondary N) is 1. The Bertz CT molecular complexity index is 514. The second kappa shape index (κ2) is 7.09. The second-order valence-corrected chi connectivity index (χ2v) is 5.02. The summed E-state index contributed by atoms with van der Waals surface area (Å²) >= 11 is 0. The summed E-state index contributed by atoms with van der Waals surface area (Å²) < 4.78 is 0. The highest BCUT2D eigenvalue weighted by atomic mass is 16.3. The molecule has 4 heteroatoms. The van der Waals surface area contributed by atoms with Crippen LogP contribution in [0.25, 0.3) is 0 Å². The molecule has 0 heterocycles. The van der Waals surface area contributed by atoms with Crippen molar-refractivity contribution in [2.75, 3.05) is 6.54 Å². The molecule has 1 aromatic rings. The van der Waals surface area contributed by atoms with Crippen LogP contribution in [0.5, 0.6) is 0 Å². The van der Waals surface area contributed by atoms with Crippen LogP contribution in [0.2, 0.25) is 0 Å². The van der Waals surface area contributed by atoms with Crippen LogP contribution in [0.4, 0.5) is 0 Å². The Hall–Kier alpha value is -1.83. The molecule has 106 valence electrons. The van der Waals surface area contributed by atoms with E-state index in [0.29, 0.717) is 12.1 Å². The third kappa shape index (κ3) is 3.83. The van der Waals surface area contributed by atoms with Crippen molar-refractivity contribution in [3.05, 3.63) is 35.4 Å². The van der Waals surface area contributed by atoms with Crippen molar-refractivity contribution in [1.29, 1.82) is 0 Å². The van der Waals surface area contributed by atoms with Gasteiger partial charge in [0.05, 0.1) is 18.7 Å². The van der Waals surface area contributed by atoms with Crippen molar-refractivity contribution < 1.29 is 9.90 Å². The summed E-state index contributed by atoms with van der Waals surface area (Å²) in [6, 6.07) is 6.95. The lowest BCUT2D eigenvalue weighted by Gasteiger charge is -2.28. The van der Waals surface area contributed by atoms with Gasteiger partial charge in [-0.25, -0.2) is 0 Å². The summed E-state index contributed by atoms with van der Waals surface area (Å²) in [6.45, 7) is 0.321. The van der Waals surface area contributed by atoms with Gasteiger partial charge in [0.15, 0.2) is 0 Å². The van der Waals surface area contributed by atoms with Gasteiger partial charge in [-0.15, -0.1) is 0 Å². The minimum atomic E-state index is -0.428. The van der Waals surface area contributed by atoms with Gasteiger partial charge in [-0.2, -0.15) is 0 Å². The van der Waals surface area contributed by atoms with Crippen LogP contribution in [0.1, 0.15) is 41.6 Å². The standard InChI is InChI=1S/C16H20N2O2/c17-11-3-4-12-7-9-13(10-8-12)16(20)18-14-5-1-2-6-15(14)19/h7-10,14-15,19H,1-2,5-6,11,17H2,(H,18,20). The highest BCUT2D eigenvalue weighted by molar-refractivity contribution is 5.94. The minimum Gasteiger partial charge on any atom is -0.391 e. The van der Waals surface area contributed by atoms with Crippen LogP contribution in [-0.4, -0.2) is 29.7 Å². The lowest BCUT2D eigenvalue weighted by atomic mass is 9.92. The Balaban J connectivity index is 1.98. The van der Waals surface area contributed by atoms with Gasteiger partial charge >= 0.3 is 0 Å². The highest BCUT2D eigenvalue weighted by Gasteiger charge is 2.24. The quantitative estimate of drug-likeness (QED) is 0.704. The summed E-state index contributed by atoms with van der Waals surface area (Å²) in [7, 11) is 0. The van der Waals surface area contributed by atoms with Crippen LogP contribution in [0, 0.1) is 11.8 Å². The summed E-state index contributed by atoms with van der Waals surface area (Å²) in [5, 5.41) is 12.8. The number of carbonyl (C=O) groups excluding carboxylic acids is 1. The van der Waals surface area contributed by atoms with Gasteiger partial charge in [-0.3, -0.25) is 4.79 Å². The maximum Gasteiger partial charge on any atom is 0.251 e. The average molecular weight is 272 g/mol. The minimum absolute atomic E-state index is 0.132. The van der Waals surface area contributed by atoms with Gasteiger partial charge in [-0.05, 0) is 37.1 Å². The smallest absolute Gasteiger partial charge is 0.251 e. The number of aliphatic hydroxyl groups excluding tert-OH is 1. The predicted molar refractivity (Wildman–Crippen MR) is 78.1 cm³/mol. The summed E-state index contributed by atoms with van der Waals surface area (Å²) in [6.07, 6.45) is 3.26. The molecule has 20 heavy (non-hydrogen) atoms. The molecule has 4 nitrogen and oxygen atoms in total. The van der Waals surface area contributed by atoms with Crippen LogP contribution in [-0.2, 0) is 0 Å². The molecule has 0 aliphatic heterocycles. The molecule has 1 amide bonds. The van der Waals surface area contributed by atoms with Gasteiger partial charge in [0, 0.05) is 11.1 Å². The van der Waals surface area contributed by atoms with Crippen LogP contribution >= 0.6 is 0 Å². The predicted octanol–water partition coefficient (Wildman–Crippen LogP) is 1.03. The molecule has 2 rings (SSSR count). The SMILES string of the molecule is NCC#Cc1ccc(C(=O)NC2CCCCC2O)cc1. The number of nitrogens with two attached hydrogens (primary N) is 1. The first-order valence-corrected chi connectivity index (χ1v) is 6.98. The highest BCUT2D eigenvalue weighted by Crippen LogP contribution is 2.18. The molecule has 4 N–H and O–H groups in total. The van der Waals surface area contributed by atoms with E-state index in [-0.39, 0.29) is 11.9 Å². The molecule has 1 aliphatic rings. The Kier molecular flexibility index (Phi) is 5.16. The topological polar surface area (TPSA) is 75.4 Å². The molecule has 1 fully saturated rings. The van der Waals surface area contributed by atoms with Gasteiger partial charge in [0.2, 0.25) is 0 Å². The zero-order chi connectivity index (χ0) is 14.4. The maximum atomic E-state index is 12.1. The van der Waals surface area contributed by atoms with Crippen molar-refractivity contribution in [2.45, 2.75) is 37.8 Å². The Morgan fingerprint density at radius 3 is 2.65 bits per heavy atom. The molecule has 2 unspecified atom stereocenters. The molecule has 2 atom stereocenters. The van der Waals surface area contributed by atoms with E-state index in [0.717, 1.165) is 31.2 Å². The molecular weight excluding hydrogens is 252 g/mol. The largest absolute Gasteiger partial charge is 0.391 e. The van der Waals surface area contributed by atoms with E-state index in [9.17, 15) is 9.90 Å². The second-order valence-electron chi connectivity index (χ2n) is 5.02. The zero-order valence-corrected chi connectivity index (χ0v) is 11.4. The van der Waals surface area contributed by atoms with Crippen molar-refractivity contribution in [3.63, 3.8) is 0 Å². The van der Waals surface area contributed by atoms with Crippen molar-refractivity contribution in [3.8, 4) is 11.8 Å². The van der Waals surface area contributed by atoms with E-state index in [1.165, 1.54) is 0 Å². The third-order valence-electron chi connectivity index (χ3n) is 3.53. The van der Waals surface area contributed by atoms with Crippen molar-refractivity contribution in [2.24, 2.45) is 5.73 Å². The number of aliphatic hydroxyl groups is 1. The number of amides is 1. The fourth-order valence-electron chi connectivity index (χ4n) is 2.39. The molecule has 0 radical (unpaired) electrons. The molecule has 0 bridgehead atoms. The number of benzene rings is 1. The number of hydrogen-bond acceptors (Lipinski definition) is 3. The third-order valence-corrected chi connectivity index (χ3v) is 3.53. The maximum absolute atomic E-state index is 12.1. The first-order chi connectivity index (χ1) is 9.70. The van der Waals surface area contributed by atoms with Crippen LogP contribution in [0.15, 0.2) is 24.3 Å². The number of carbonyl (C=O) groups is 1. The summed E-state index contributed by atoms with van der Waals surface area (Å²) in [4.78, 5) is 12.1. The fraction of sp³-hybridized carbons (Fsp3) is 0.438. The monoisotopic (exact) mass is 272 g/mol. The van der Waals surface area contributed by atoms with Gasteiger partial charge in [0.1, 0.15) is 0 Å². The molecule has 1 aliphatic carbocycles. The van der Waals surface area contributed by atoms with E-state index in [2.05, 4.69) is 17.2 Å². The number of rotatable bonds is 2. The Morgan fingerprint density at radius 2 is 2.00 bits per heavy atom. The molecule has 1 saturated carbocycles. The van der Waals surface area contributed by atoms with Gasteiger partial charge in [0.25, 0.3) is 5.91 Å². The van der Waals surface area contributed by atoms with Crippen LogP contribution in [0.3, 0.4) is 0 Å². The average Bonchev–Trinajstić information content (AvgIpc) is 2.48. The molecule has 1 aromatic carbocycles. The Morgan fingerprint density at radius 1 is 1.30 bits per heavy atom. The van der Waals surface area contributed by atoms with E-state index < -0.39 is 6.10 Å². The summed E-state index contributed by atoms with van der Waals surface area (Å²) in [5.74, 6) is 5.54. The molecule has 0 spiro atoms. The lowest BCUT2D eigenvalue weighted by Crippen LogP contribution is -2.45. The fourth-order valence-corrected chi connectivity index (χ4v) is 2.39. The first-order valence-electron chi connectivity index (χ1n) is 6.98. The lowest BCUT2D eigenvalue weighted by molar-refractivity contribution is 0.0717. The van der Waals surface area contributed by atoms with E-state index in [1.54, 1.807) is 24.3 Å². The van der Waals surface area contributed by atoms with Gasteiger partial charge in [-0.1, -0.05) is 24.7 Å². The van der Waals surface area contributed by atoms with E-state index in [1.807, 2.05) is 0 Å². The summed E-state index contributed by atoms with van der Waals surface area (Å²) in [5.41, 5.74) is 6.73. The molecule has 0 saturated heterocycles. The van der Waals surface area contributed by atoms with Gasteiger partial charge < -0.3 is 16.2 Å². The van der Waals surface area contributed by atoms with Crippen LogP contribution < -0.4 is 11.1 Å². The Labute approximate surface area is 119 Å². The molecular formula is C16H20N2O2. The normalized spacial score (nSPS) is 21.7. The first kappa shape index (κ1) is 14.6. The molecule has 0 aromatic heterocycles. The van der Waals surface area contributed by atoms with E-state index >= 15 is 0 Å². The van der Waals surface area contributed by atoms with Crippen molar-refractivity contribution in [1.82, 2.24) is 5.32 Å².